The van der Waals surface area contributed by atoms with E-state index in [9.17, 15) is 18.4 Å². The maximum absolute atomic E-state index is 13.6. The van der Waals surface area contributed by atoms with Crippen molar-refractivity contribution >= 4 is 40.2 Å². The van der Waals surface area contributed by atoms with E-state index in [0.717, 1.165) is 0 Å². The van der Waals surface area contributed by atoms with E-state index in [0.29, 0.717) is 33.8 Å². The molecule has 2 saturated heterocycles. The number of aromatic nitrogens is 1. The number of halogens is 2. The number of fused-ring (bicyclic) bond motifs is 1. The first-order valence-electron chi connectivity index (χ1n) is 9.44. The molecule has 0 bridgehead atoms. The Morgan fingerprint density at radius 2 is 2.20 bits per heavy atom. The predicted molar refractivity (Wildman–Crippen MR) is 109 cm³/mol. The maximum atomic E-state index is 13.6. The zero-order valence-corrected chi connectivity index (χ0v) is 16.8. The fourth-order valence-electron chi connectivity index (χ4n) is 3.63. The number of anilines is 1. The molecule has 0 saturated carbocycles. The summed E-state index contributed by atoms with van der Waals surface area (Å²) in [5.41, 5.74) is 1.47. The number of nitrogens with zero attached hydrogens (tertiary/aromatic N) is 4. The second-order valence-electron chi connectivity index (χ2n) is 7.28. The van der Waals surface area contributed by atoms with E-state index in [2.05, 4.69) is 16.4 Å². The lowest BCUT2D eigenvalue weighted by Crippen LogP contribution is -2.42. The van der Waals surface area contributed by atoms with Gasteiger partial charge in [-0.2, -0.15) is 5.26 Å². The van der Waals surface area contributed by atoms with Crippen molar-refractivity contribution in [3.63, 3.8) is 0 Å². The van der Waals surface area contributed by atoms with Crippen LogP contribution >= 0.6 is 11.8 Å². The van der Waals surface area contributed by atoms with Crippen molar-refractivity contribution in [3.8, 4) is 6.07 Å². The van der Waals surface area contributed by atoms with Crippen molar-refractivity contribution in [1.29, 1.82) is 5.26 Å². The number of nitriles is 1. The molecule has 2 aliphatic heterocycles. The van der Waals surface area contributed by atoms with Gasteiger partial charge in [-0.15, -0.1) is 11.8 Å². The molecule has 10 heteroatoms. The van der Waals surface area contributed by atoms with Crippen LogP contribution in [0.5, 0.6) is 0 Å². The molecule has 2 aromatic rings. The monoisotopic (exact) mass is 431 g/mol. The molecule has 0 unspecified atom stereocenters. The highest BCUT2D eigenvalue weighted by atomic mass is 32.2. The minimum absolute atomic E-state index is 0.202. The van der Waals surface area contributed by atoms with E-state index in [1.54, 1.807) is 23.1 Å². The van der Waals surface area contributed by atoms with Crippen LogP contribution in [0, 0.1) is 11.3 Å². The van der Waals surface area contributed by atoms with Crippen LogP contribution in [0.1, 0.15) is 16.8 Å². The summed E-state index contributed by atoms with van der Waals surface area (Å²) in [5, 5.41) is 12.2. The Morgan fingerprint density at radius 1 is 1.37 bits per heavy atom. The lowest BCUT2D eigenvalue weighted by Gasteiger charge is -2.20. The molecule has 0 radical (unpaired) electrons. The zero-order chi connectivity index (χ0) is 21.3. The van der Waals surface area contributed by atoms with Gasteiger partial charge in [0.05, 0.1) is 36.1 Å². The summed E-state index contributed by atoms with van der Waals surface area (Å²) in [7, 11) is 0. The van der Waals surface area contributed by atoms with Crippen molar-refractivity contribution in [2.45, 2.75) is 18.4 Å². The Morgan fingerprint density at radius 3 is 2.93 bits per heavy atom. The lowest BCUT2D eigenvalue weighted by atomic mass is 10.1. The molecule has 30 heavy (non-hydrogen) atoms. The normalized spacial score (nSPS) is 20.4. The number of carbonyl (C=O) groups excluding carboxylic acids is 2. The number of benzene rings is 1. The van der Waals surface area contributed by atoms with Gasteiger partial charge in [-0.05, 0) is 24.3 Å². The topological polar surface area (TPSA) is 89.3 Å². The van der Waals surface area contributed by atoms with Gasteiger partial charge >= 0.3 is 0 Å². The molecule has 2 fully saturated rings. The highest BCUT2D eigenvalue weighted by Gasteiger charge is 2.38. The van der Waals surface area contributed by atoms with E-state index in [1.807, 2.05) is 0 Å². The minimum atomic E-state index is -2.72. The number of hydrogen-bond acceptors (Lipinski definition) is 6. The SMILES string of the molecule is N#C[C@@H]1CSCN1C(=O)CNC(=O)c1ccnc2ccc(N3CCC(F)(F)C3)cc12. The van der Waals surface area contributed by atoms with Gasteiger partial charge in [-0.1, -0.05) is 0 Å². The Balaban J connectivity index is 1.51. The number of alkyl halides is 2. The second-order valence-corrected chi connectivity index (χ2v) is 8.28. The smallest absolute Gasteiger partial charge is 0.266 e. The summed E-state index contributed by atoms with van der Waals surface area (Å²) in [6.07, 6.45) is 1.29. The molecular formula is C20H19F2N5O2S. The van der Waals surface area contributed by atoms with E-state index < -0.39 is 17.9 Å². The molecule has 1 atom stereocenters. The van der Waals surface area contributed by atoms with Crippen molar-refractivity contribution in [2.75, 3.05) is 36.2 Å². The van der Waals surface area contributed by atoms with E-state index >= 15 is 0 Å². The van der Waals surface area contributed by atoms with E-state index in [4.69, 9.17) is 5.26 Å². The number of nitrogens with one attached hydrogen (secondary N) is 1. The number of carbonyl (C=O) groups is 2. The molecule has 0 aliphatic carbocycles. The quantitative estimate of drug-likeness (QED) is 0.799. The van der Waals surface area contributed by atoms with Gasteiger partial charge < -0.3 is 15.1 Å². The summed E-state index contributed by atoms with van der Waals surface area (Å²) in [6.45, 7) is -0.342. The molecule has 2 aliphatic rings. The summed E-state index contributed by atoms with van der Waals surface area (Å²) >= 11 is 1.49. The first-order chi connectivity index (χ1) is 14.4. The molecule has 1 aromatic heterocycles. The van der Waals surface area contributed by atoms with Crippen LogP contribution < -0.4 is 10.2 Å². The average molecular weight is 431 g/mol. The molecule has 1 aromatic carbocycles. The third-order valence-electron chi connectivity index (χ3n) is 5.26. The average Bonchev–Trinajstić information content (AvgIpc) is 3.36. The van der Waals surface area contributed by atoms with E-state index in [-0.39, 0.29) is 32.0 Å². The Labute approximate surface area is 176 Å². The summed E-state index contributed by atoms with van der Waals surface area (Å²) in [5.74, 6) is -2.52. The first-order valence-corrected chi connectivity index (χ1v) is 10.6. The number of pyridine rings is 1. The third-order valence-corrected chi connectivity index (χ3v) is 6.27. The van der Waals surface area contributed by atoms with Gasteiger partial charge in [0.2, 0.25) is 5.91 Å². The maximum Gasteiger partial charge on any atom is 0.266 e. The van der Waals surface area contributed by atoms with Gasteiger partial charge in [0.15, 0.2) is 0 Å². The summed E-state index contributed by atoms with van der Waals surface area (Å²) < 4.78 is 27.2. The lowest BCUT2D eigenvalue weighted by molar-refractivity contribution is -0.129. The Hall–Kier alpha value is -2.93. The fraction of sp³-hybridized carbons (Fsp3) is 0.400. The van der Waals surface area contributed by atoms with Crippen LogP contribution in [0.3, 0.4) is 0 Å². The second kappa shape index (κ2) is 8.07. The molecule has 1 N–H and O–H groups in total. The number of amides is 2. The van der Waals surface area contributed by atoms with Crippen LogP contribution in [-0.4, -0.2) is 64.9 Å². The van der Waals surface area contributed by atoms with Crippen molar-refractivity contribution in [3.05, 3.63) is 36.0 Å². The molecule has 3 heterocycles. The van der Waals surface area contributed by atoms with Gasteiger partial charge in [-0.25, -0.2) is 8.78 Å². The van der Waals surface area contributed by atoms with Gasteiger partial charge in [0.25, 0.3) is 11.8 Å². The zero-order valence-electron chi connectivity index (χ0n) is 16.0. The van der Waals surface area contributed by atoms with Crippen molar-refractivity contribution < 1.29 is 18.4 Å². The minimum Gasteiger partial charge on any atom is -0.365 e. The van der Waals surface area contributed by atoms with Crippen molar-refractivity contribution in [2.24, 2.45) is 0 Å². The van der Waals surface area contributed by atoms with Crippen LogP contribution in [0.4, 0.5) is 14.5 Å². The summed E-state index contributed by atoms with van der Waals surface area (Å²) in [6, 6.07) is 8.23. The third kappa shape index (κ3) is 4.03. The number of thioether (sulfide) groups is 1. The van der Waals surface area contributed by atoms with Crippen LogP contribution in [0.2, 0.25) is 0 Å². The molecule has 0 spiro atoms. The molecule has 7 nitrogen and oxygen atoms in total. The first kappa shape index (κ1) is 20.3. The largest absolute Gasteiger partial charge is 0.365 e. The fourth-order valence-corrected chi connectivity index (χ4v) is 4.74. The Kier molecular flexibility index (Phi) is 5.47. The molecule has 156 valence electrons. The van der Waals surface area contributed by atoms with Crippen LogP contribution in [0.25, 0.3) is 10.9 Å². The number of hydrogen-bond donors (Lipinski definition) is 1. The molecular weight excluding hydrogens is 412 g/mol. The van der Waals surface area contributed by atoms with Gasteiger partial charge in [0, 0.05) is 36.0 Å². The van der Waals surface area contributed by atoms with Crippen molar-refractivity contribution in [1.82, 2.24) is 15.2 Å². The van der Waals surface area contributed by atoms with E-state index in [1.165, 1.54) is 28.9 Å². The predicted octanol–water partition coefficient (Wildman–Crippen LogP) is 2.24. The highest BCUT2D eigenvalue weighted by Crippen LogP contribution is 2.32. The highest BCUT2D eigenvalue weighted by molar-refractivity contribution is 7.99. The standard InChI is InChI=1S/C20H19F2N5O2S/c21-20(22)4-6-26(11-20)13-1-2-17-16(7-13)15(3-5-24-17)19(29)25-9-18(28)27-12-30-10-14(27)8-23/h1-3,5,7,14H,4,6,9-12H2,(H,25,29)/t14-/m1/s1. The van der Waals surface area contributed by atoms with Gasteiger partial charge in [-0.3, -0.25) is 14.6 Å². The van der Waals surface area contributed by atoms with Gasteiger partial charge in [0.1, 0.15) is 6.04 Å². The molecule has 2 amide bonds. The van der Waals surface area contributed by atoms with Crippen LogP contribution in [0.15, 0.2) is 30.5 Å². The summed E-state index contributed by atoms with van der Waals surface area (Å²) in [4.78, 5) is 32.4. The Bertz CT molecular complexity index is 1040. The number of rotatable bonds is 4. The molecule has 4 rings (SSSR count). The van der Waals surface area contributed by atoms with Crippen LogP contribution in [-0.2, 0) is 4.79 Å².